The monoisotopic (exact) mass is 673 g/mol. The molecule has 0 fully saturated rings. The molecular weight excluding hydrogens is 640 g/mol. The number of hydrogen-bond acceptors (Lipinski definition) is 2. The van der Waals surface area contributed by atoms with Crippen LogP contribution in [0.1, 0.15) is 22.3 Å². The predicted molar refractivity (Wildman–Crippen MR) is 222 cm³/mol. The molecule has 0 saturated heterocycles. The van der Waals surface area contributed by atoms with Gasteiger partial charge in [0.05, 0.1) is 5.41 Å². The van der Waals surface area contributed by atoms with Crippen molar-refractivity contribution >= 4 is 63.3 Å². The first-order valence-corrected chi connectivity index (χ1v) is 18.5. The van der Waals surface area contributed by atoms with Gasteiger partial charge in [0.2, 0.25) is 6.71 Å². The standard InChI is InChI=1S/C49H33B2NO/c1-3-18-35(19-4-1)52(36-20-5-2-6-21-36)37-22-15-17-34(33-37)50-42-27-10-7-23-38(42)49(39-24-8-11-28-43(39)50)40-25-9-12-29-44(40)51-45-30-13-14-31-46(45)53-47-32-16-26-41(49)48(47)51/h1-33H. The van der Waals surface area contributed by atoms with Crippen molar-refractivity contribution in [3.63, 3.8) is 0 Å². The second-order valence-corrected chi connectivity index (χ2v) is 14.3. The Morgan fingerprint density at radius 3 is 1.43 bits per heavy atom. The smallest absolute Gasteiger partial charge is 0.251 e. The number of hydrogen-bond donors (Lipinski definition) is 0. The second-order valence-electron chi connectivity index (χ2n) is 14.3. The van der Waals surface area contributed by atoms with Crippen LogP contribution >= 0.6 is 0 Å². The minimum atomic E-state index is -0.532. The van der Waals surface area contributed by atoms with Crippen LogP contribution in [0.5, 0.6) is 11.5 Å². The maximum absolute atomic E-state index is 6.74. The first-order chi connectivity index (χ1) is 26.3. The fourth-order valence-electron chi connectivity index (χ4n) is 9.78. The van der Waals surface area contributed by atoms with Gasteiger partial charge in [-0.3, -0.25) is 0 Å². The lowest BCUT2D eigenvalue weighted by Crippen LogP contribution is -2.68. The molecule has 3 aliphatic heterocycles. The molecule has 3 aliphatic rings. The van der Waals surface area contributed by atoms with E-state index in [-0.39, 0.29) is 13.4 Å². The fourth-order valence-corrected chi connectivity index (χ4v) is 9.78. The number of para-hydroxylation sites is 3. The summed E-state index contributed by atoms with van der Waals surface area (Å²) in [6.07, 6.45) is 0. The molecule has 0 aromatic heterocycles. The molecule has 0 amide bonds. The third kappa shape index (κ3) is 4.30. The van der Waals surface area contributed by atoms with Crippen molar-refractivity contribution < 1.29 is 4.74 Å². The van der Waals surface area contributed by atoms with Crippen molar-refractivity contribution in [2.45, 2.75) is 5.41 Å². The first kappa shape index (κ1) is 30.1. The molecule has 0 saturated carbocycles. The molecule has 53 heavy (non-hydrogen) atoms. The number of anilines is 3. The molecule has 11 rings (SSSR count). The minimum absolute atomic E-state index is 0.0303. The third-order valence-electron chi connectivity index (χ3n) is 11.7. The van der Waals surface area contributed by atoms with E-state index < -0.39 is 5.41 Å². The number of ether oxygens (including phenoxy) is 1. The van der Waals surface area contributed by atoms with E-state index in [2.05, 4.69) is 205 Å². The second kappa shape index (κ2) is 11.8. The number of nitrogens with zero attached hydrogens (tertiary/aromatic N) is 1. The van der Waals surface area contributed by atoms with Gasteiger partial charge in [0.1, 0.15) is 11.5 Å². The Kier molecular flexibility index (Phi) is 6.69. The highest BCUT2D eigenvalue weighted by Gasteiger charge is 2.54. The molecular formula is C49H33B2NO. The van der Waals surface area contributed by atoms with E-state index in [1.54, 1.807) is 0 Å². The SMILES string of the molecule is c1ccc(N(c2ccccc2)c2cccc(B3c4ccccc4C4(c5ccccc53)c3ccccc3B3c5ccccc5Oc5cccc4c53)c2)cc1. The zero-order valence-electron chi connectivity index (χ0n) is 29.1. The first-order valence-electron chi connectivity index (χ1n) is 18.5. The van der Waals surface area contributed by atoms with E-state index in [9.17, 15) is 0 Å². The van der Waals surface area contributed by atoms with Crippen LogP contribution in [0, 0.1) is 0 Å². The van der Waals surface area contributed by atoms with E-state index in [4.69, 9.17) is 4.74 Å². The molecule has 3 heterocycles. The van der Waals surface area contributed by atoms with Gasteiger partial charge in [-0.1, -0.05) is 174 Å². The van der Waals surface area contributed by atoms with Crippen LogP contribution < -0.4 is 42.4 Å². The average molecular weight is 673 g/mol. The van der Waals surface area contributed by atoms with Gasteiger partial charge in [-0.15, -0.1) is 0 Å². The summed E-state index contributed by atoms with van der Waals surface area (Å²) < 4.78 is 6.74. The van der Waals surface area contributed by atoms with Crippen LogP contribution in [-0.2, 0) is 5.41 Å². The van der Waals surface area contributed by atoms with Gasteiger partial charge in [0, 0.05) is 17.1 Å². The van der Waals surface area contributed by atoms with Gasteiger partial charge in [-0.25, -0.2) is 0 Å². The van der Waals surface area contributed by atoms with Gasteiger partial charge in [-0.05, 0) is 81.7 Å². The molecule has 246 valence electrons. The Bertz CT molecular complexity index is 2600. The van der Waals surface area contributed by atoms with Crippen LogP contribution in [0.2, 0.25) is 0 Å². The summed E-state index contributed by atoms with van der Waals surface area (Å²) in [7, 11) is 0. The van der Waals surface area contributed by atoms with Gasteiger partial charge >= 0.3 is 0 Å². The molecule has 0 atom stereocenters. The lowest BCUT2D eigenvalue weighted by atomic mass is 9.26. The lowest BCUT2D eigenvalue weighted by molar-refractivity contribution is 0.486. The maximum Gasteiger partial charge on any atom is 0.251 e. The fraction of sp³-hybridized carbons (Fsp3) is 0.0204. The molecule has 0 aliphatic carbocycles. The Labute approximate surface area is 311 Å². The van der Waals surface area contributed by atoms with Crippen molar-refractivity contribution in [1.29, 1.82) is 0 Å². The maximum atomic E-state index is 6.74. The molecule has 0 unspecified atom stereocenters. The topological polar surface area (TPSA) is 12.5 Å². The molecule has 8 aromatic rings. The highest BCUT2D eigenvalue weighted by molar-refractivity contribution is 6.99. The molecule has 2 nitrogen and oxygen atoms in total. The van der Waals surface area contributed by atoms with Crippen LogP contribution in [0.25, 0.3) is 0 Å². The van der Waals surface area contributed by atoms with Crippen LogP contribution in [0.3, 0.4) is 0 Å². The summed E-state index contributed by atoms with van der Waals surface area (Å²) in [6.45, 7) is 0.117. The zero-order chi connectivity index (χ0) is 34.9. The highest BCUT2D eigenvalue weighted by atomic mass is 16.5. The third-order valence-corrected chi connectivity index (χ3v) is 11.7. The normalized spacial score (nSPS) is 13.9. The zero-order valence-corrected chi connectivity index (χ0v) is 29.1. The summed E-state index contributed by atoms with van der Waals surface area (Å²) >= 11 is 0. The van der Waals surface area contributed by atoms with E-state index >= 15 is 0 Å². The number of benzene rings is 8. The van der Waals surface area contributed by atoms with Crippen LogP contribution in [0.15, 0.2) is 200 Å². The predicted octanol–water partition coefficient (Wildman–Crippen LogP) is 7.30. The van der Waals surface area contributed by atoms with Crippen LogP contribution in [0.4, 0.5) is 17.1 Å². The van der Waals surface area contributed by atoms with Crippen LogP contribution in [-0.4, -0.2) is 13.4 Å². The molecule has 0 bridgehead atoms. The molecule has 1 spiro atoms. The summed E-state index contributed by atoms with van der Waals surface area (Å²) in [6, 6.07) is 73.4. The summed E-state index contributed by atoms with van der Waals surface area (Å²) in [5, 5.41) is 0. The molecule has 0 N–H and O–H groups in total. The Morgan fingerprint density at radius 1 is 0.358 bits per heavy atom. The largest absolute Gasteiger partial charge is 0.458 e. The Morgan fingerprint density at radius 2 is 0.811 bits per heavy atom. The van der Waals surface area contributed by atoms with Crippen molar-refractivity contribution in [3.8, 4) is 11.5 Å². The van der Waals surface area contributed by atoms with Gasteiger partial charge < -0.3 is 9.64 Å². The molecule has 0 radical (unpaired) electrons. The summed E-state index contributed by atoms with van der Waals surface area (Å²) in [4.78, 5) is 2.36. The lowest BCUT2D eigenvalue weighted by Gasteiger charge is -2.50. The van der Waals surface area contributed by atoms with Crippen molar-refractivity contribution in [2.24, 2.45) is 0 Å². The number of rotatable bonds is 4. The Balaban J connectivity index is 1.17. The summed E-state index contributed by atoms with van der Waals surface area (Å²) in [5.74, 6) is 1.89. The van der Waals surface area contributed by atoms with E-state index in [1.807, 2.05) is 0 Å². The van der Waals surface area contributed by atoms with Gasteiger partial charge in [0.25, 0.3) is 6.71 Å². The van der Waals surface area contributed by atoms with Crippen molar-refractivity contribution in [1.82, 2.24) is 0 Å². The van der Waals surface area contributed by atoms with Crippen molar-refractivity contribution in [2.75, 3.05) is 4.90 Å². The molecule has 4 heteroatoms. The quantitative estimate of drug-likeness (QED) is 0.182. The minimum Gasteiger partial charge on any atom is -0.458 e. The van der Waals surface area contributed by atoms with Gasteiger partial charge in [0.15, 0.2) is 0 Å². The van der Waals surface area contributed by atoms with E-state index in [0.29, 0.717) is 0 Å². The Hall–Kier alpha value is -6.51. The van der Waals surface area contributed by atoms with Crippen molar-refractivity contribution in [3.05, 3.63) is 222 Å². The molecule has 8 aromatic carbocycles. The summed E-state index contributed by atoms with van der Waals surface area (Å²) in [5.41, 5.74) is 15.9. The van der Waals surface area contributed by atoms with E-state index in [0.717, 1.165) is 28.6 Å². The van der Waals surface area contributed by atoms with E-state index in [1.165, 1.54) is 55.0 Å². The number of fused-ring (bicyclic) bond motifs is 10. The van der Waals surface area contributed by atoms with Gasteiger partial charge in [-0.2, -0.15) is 0 Å². The highest BCUT2D eigenvalue weighted by Crippen LogP contribution is 2.48. The average Bonchev–Trinajstić information content (AvgIpc) is 3.23.